The van der Waals surface area contributed by atoms with Crippen LogP contribution in [0, 0.1) is 41.8 Å². The molecule has 0 aromatic heterocycles. The van der Waals surface area contributed by atoms with Gasteiger partial charge >= 0.3 is 6.03 Å². The minimum atomic E-state index is -0.488. The number of terminal acetylenes is 1. The fraction of sp³-hybridized carbons (Fsp3) is 0.565. The maximum absolute atomic E-state index is 13.4. The summed E-state index contributed by atoms with van der Waals surface area (Å²) >= 11 is 0. The molecule has 1 aliphatic carbocycles. The van der Waals surface area contributed by atoms with E-state index in [4.69, 9.17) is 6.42 Å². The van der Waals surface area contributed by atoms with Crippen LogP contribution in [0.15, 0.2) is 18.2 Å². The Balaban J connectivity index is 1.70. The minimum absolute atomic E-state index is 0.0421. The van der Waals surface area contributed by atoms with Crippen LogP contribution in [-0.4, -0.2) is 47.7 Å². The summed E-state index contributed by atoms with van der Waals surface area (Å²) in [5, 5.41) is 15.3. The Hall–Kier alpha value is -2.59. The van der Waals surface area contributed by atoms with Gasteiger partial charge in [-0.25, -0.2) is 9.18 Å². The third-order valence-electron chi connectivity index (χ3n) is 6.34. The topological polar surface area (TPSA) is 81.7 Å². The number of hydrogen-bond acceptors (Lipinski definition) is 3. The summed E-state index contributed by atoms with van der Waals surface area (Å²) in [6.07, 6.45) is 8.32. The Labute approximate surface area is 177 Å². The molecule has 6 nitrogen and oxygen atoms in total. The van der Waals surface area contributed by atoms with Crippen molar-refractivity contribution in [3.05, 3.63) is 29.6 Å². The smallest absolute Gasteiger partial charge is 0.321 e. The molecule has 3 amide bonds. The second kappa shape index (κ2) is 9.48. The van der Waals surface area contributed by atoms with E-state index in [1.807, 2.05) is 0 Å². The first-order chi connectivity index (χ1) is 14.3. The van der Waals surface area contributed by atoms with E-state index in [2.05, 4.69) is 30.4 Å². The zero-order chi connectivity index (χ0) is 21.8. The molecule has 1 aliphatic heterocycles. The second-order valence-corrected chi connectivity index (χ2v) is 8.71. The standard InChI is InChI=1S/C23H30FN3O3/c1-4-16-12-19(24)5-6-20(16)25-23(30)27(7-8-28)13-18-11-17-10-14(2)9-15(3)21(17)26-22(18)29/h1,5-6,12,14-15,17-18,21,28H,7-11,13H2,2-3H3,(H,25,30)(H,26,29). The molecular formula is C23H30FN3O3. The molecule has 1 saturated carbocycles. The average molecular weight is 416 g/mol. The first kappa shape index (κ1) is 22.1. The molecule has 1 aromatic rings. The number of rotatable bonds is 5. The van der Waals surface area contributed by atoms with Crippen molar-refractivity contribution in [2.75, 3.05) is 25.0 Å². The highest BCUT2D eigenvalue weighted by Gasteiger charge is 2.42. The Bertz CT molecular complexity index is 837. The lowest BCUT2D eigenvalue weighted by Gasteiger charge is -2.45. The van der Waals surface area contributed by atoms with Crippen LogP contribution in [0.2, 0.25) is 0 Å². The summed E-state index contributed by atoms with van der Waals surface area (Å²) in [6.45, 7) is 4.49. The molecule has 3 N–H and O–H groups in total. The van der Waals surface area contributed by atoms with E-state index in [1.165, 1.54) is 23.1 Å². The monoisotopic (exact) mass is 415 g/mol. The molecule has 0 radical (unpaired) electrons. The number of nitrogens with zero attached hydrogens (tertiary/aromatic N) is 1. The van der Waals surface area contributed by atoms with Gasteiger partial charge < -0.3 is 20.6 Å². The lowest BCUT2D eigenvalue weighted by molar-refractivity contribution is -0.131. The molecule has 1 aromatic carbocycles. The largest absolute Gasteiger partial charge is 0.395 e. The van der Waals surface area contributed by atoms with E-state index in [1.54, 1.807) is 0 Å². The van der Waals surface area contributed by atoms with Crippen LogP contribution in [0.1, 0.15) is 38.7 Å². The van der Waals surface area contributed by atoms with E-state index in [-0.39, 0.29) is 43.1 Å². The summed E-state index contributed by atoms with van der Waals surface area (Å²) in [5.74, 6) is 2.96. The van der Waals surface area contributed by atoms with Crippen molar-refractivity contribution in [1.82, 2.24) is 10.2 Å². The van der Waals surface area contributed by atoms with Crippen LogP contribution >= 0.6 is 0 Å². The zero-order valence-electron chi connectivity index (χ0n) is 17.5. The number of amides is 3. The zero-order valence-corrected chi connectivity index (χ0v) is 17.5. The van der Waals surface area contributed by atoms with Gasteiger partial charge in [-0.3, -0.25) is 4.79 Å². The summed E-state index contributed by atoms with van der Waals surface area (Å²) in [6, 6.07) is 3.51. The van der Waals surface area contributed by atoms with Crippen LogP contribution in [-0.2, 0) is 4.79 Å². The number of fused-ring (bicyclic) bond motifs is 1. The summed E-state index contributed by atoms with van der Waals surface area (Å²) in [4.78, 5) is 27.0. The van der Waals surface area contributed by atoms with Gasteiger partial charge in [0.2, 0.25) is 5.91 Å². The van der Waals surface area contributed by atoms with Gasteiger partial charge in [0.1, 0.15) is 5.82 Å². The third-order valence-corrected chi connectivity index (χ3v) is 6.34. The number of carbonyl (C=O) groups is 2. The SMILES string of the molecule is C#Cc1cc(F)ccc1NC(=O)N(CCO)CC1CC2CC(C)CC(C)C2NC1=O. The minimum Gasteiger partial charge on any atom is -0.395 e. The predicted molar refractivity (Wildman–Crippen MR) is 113 cm³/mol. The normalized spacial score (nSPS) is 28.1. The van der Waals surface area contributed by atoms with E-state index in [0.717, 1.165) is 19.3 Å². The van der Waals surface area contributed by atoms with E-state index in [9.17, 15) is 19.1 Å². The number of anilines is 1. The lowest BCUT2D eigenvalue weighted by atomic mass is 9.68. The fourth-order valence-electron chi connectivity index (χ4n) is 5.02. The number of hydrogen-bond donors (Lipinski definition) is 3. The number of halogens is 1. The van der Waals surface area contributed by atoms with Crippen molar-refractivity contribution < 1.29 is 19.1 Å². The summed E-state index contributed by atoms with van der Waals surface area (Å²) in [5.41, 5.74) is 0.547. The number of carbonyl (C=O) groups excluding carboxylic acids is 2. The highest BCUT2D eigenvalue weighted by atomic mass is 19.1. The van der Waals surface area contributed by atoms with E-state index < -0.39 is 11.8 Å². The first-order valence-electron chi connectivity index (χ1n) is 10.6. The molecule has 2 aliphatic rings. The van der Waals surface area contributed by atoms with E-state index in [0.29, 0.717) is 23.4 Å². The highest BCUT2D eigenvalue weighted by molar-refractivity contribution is 5.91. The van der Waals surface area contributed by atoms with Gasteiger partial charge in [0.15, 0.2) is 0 Å². The molecule has 2 fully saturated rings. The summed E-state index contributed by atoms with van der Waals surface area (Å²) in [7, 11) is 0. The van der Waals surface area contributed by atoms with Crippen molar-refractivity contribution in [1.29, 1.82) is 0 Å². The number of urea groups is 1. The average Bonchev–Trinajstić information content (AvgIpc) is 2.70. The number of piperidine rings is 1. The Morgan fingerprint density at radius 3 is 2.83 bits per heavy atom. The van der Waals surface area contributed by atoms with Gasteiger partial charge in [-0.05, 0) is 55.2 Å². The van der Waals surface area contributed by atoms with Crippen molar-refractivity contribution in [2.45, 2.75) is 39.2 Å². The maximum Gasteiger partial charge on any atom is 0.321 e. The molecule has 162 valence electrons. The molecule has 5 unspecified atom stereocenters. The maximum atomic E-state index is 13.4. The van der Waals surface area contributed by atoms with Crippen LogP contribution in [0.25, 0.3) is 0 Å². The Morgan fingerprint density at radius 2 is 2.13 bits per heavy atom. The lowest BCUT2D eigenvalue weighted by Crippen LogP contribution is -2.57. The van der Waals surface area contributed by atoms with Crippen LogP contribution in [0.5, 0.6) is 0 Å². The molecule has 0 spiro atoms. The number of aliphatic hydroxyl groups excluding tert-OH is 1. The van der Waals surface area contributed by atoms with Gasteiger partial charge in [-0.15, -0.1) is 6.42 Å². The van der Waals surface area contributed by atoms with Crippen molar-refractivity contribution >= 4 is 17.6 Å². The predicted octanol–water partition coefficient (Wildman–Crippen LogP) is 2.82. The van der Waals surface area contributed by atoms with Gasteiger partial charge in [-0.2, -0.15) is 0 Å². The number of nitrogens with one attached hydrogen (secondary N) is 2. The third kappa shape index (κ3) is 4.93. The van der Waals surface area contributed by atoms with Gasteiger partial charge in [0.05, 0.1) is 23.8 Å². The Kier molecular flexibility index (Phi) is 6.99. The van der Waals surface area contributed by atoms with Crippen LogP contribution in [0.3, 0.4) is 0 Å². The van der Waals surface area contributed by atoms with Crippen LogP contribution < -0.4 is 10.6 Å². The number of benzene rings is 1. The molecule has 1 saturated heterocycles. The summed E-state index contributed by atoms with van der Waals surface area (Å²) < 4.78 is 13.4. The van der Waals surface area contributed by atoms with Gasteiger partial charge in [-0.1, -0.05) is 19.8 Å². The van der Waals surface area contributed by atoms with Gasteiger partial charge in [0, 0.05) is 19.1 Å². The molecule has 30 heavy (non-hydrogen) atoms. The second-order valence-electron chi connectivity index (χ2n) is 8.71. The fourth-order valence-corrected chi connectivity index (χ4v) is 5.02. The molecule has 7 heteroatoms. The highest BCUT2D eigenvalue weighted by Crippen LogP contribution is 2.39. The molecular weight excluding hydrogens is 385 g/mol. The molecule has 1 heterocycles. The quantitative estimate of drug-likeness (QED) is 0.647. The van der Waals surface area contributed by atoms with Gasteiger partial charge in [0.25, 0.3) is 0 Å². The Morgan fingerprint density at radius 1 is 1.37 bits per heavy atom. The van der Waals surface area contributed by atoms with E-state index >= 15 is 0 Å². The molecule has 3 rings (SSSR count). The number of aliphatic hydroxyl groups is 1. The van der Waals surface area contributed by atoms with Crippen LogP contribution in [0.4, 0.5) is 14.9 Å². The molecule has 0 bridgehead atoms. The first-order valence-corrected chi connectivity index (χ1v) is 10.6. The van der Waals surface area contributed by atoms with Crippen molar-refractivity contribution in [2.24, 2.45) is 23.7 Å². The molecule has 5 atom stereocenters. The van der Waals surface area contributed by atoms with Crippen molar-refractivity contribution in [3.63, 3.8) is 0 Å². The van der Waals surface area contributed by atoms with Crippen molar-refractivity contribution in [3.8, 4) is 12.3 Å².